The molecule has 0 aliphatic carbocycles. The third kappa shape index (κ3) is 1.49. The van der Waals surface area contributed by atoms with Gasteiger partial charge in [0.15, 0.2) is 0 Å². The van der Waals surface area contributed by atoms with E-state index >= 15 is 0 Å². The fraction of sp³-hybridized carbons (Fsp3) is 0.200. The summed E-state index contributed by atoms with van der Waals surface area (Å²) >= 11 is 0. The second-order valence-electron chi connectivity index (χ2n) is 3.99. The van der Waals surface area contributed by atoms with E-state index in [9.17, 15) is 0 Å². The van der Waals surface area contributed by atoms with Gasteiger partial charge in [0.05, 0.1) is 0 Å². The molecule has 0 spiro atoms. The Bertz CT molecular complexity index is 457. The summed E-state index contributed by atoms with van der Waals surface area (Å²) in [5.74, 6) is 0. The summed E-state index contributed by atoms with van der Waals surface area (Å²) in [4.78, 5) is 2.27. The molecule has 0 N–H and O–H groups in total. The van der Waals surface area contributed by atoms with Crippen LogP contribution in [0.25, 0.3) is 0 Å². The molecule has 0 unspecified atom stereocenters. The molecule has 1 heterocycles. The summed E-state index contributed by atoms with van der Waals surface area (Å²) in [7, 11) is 2.14. The van der Waals surface area contributed by atoms with Gasteiger partial charge in [-0.15, -0.1) is 0 Å². The molecule has 0 radical (unpaired) electrons. The first kappa shape index (κ1) is 10.7. The van der Waals surface area contributed by atoms with Crippen LogP contribution in [0.1, 0.15) is 18.6 Å². The lowest BCUT2D eigenvalue weighted by atomic mass is 9.96. The number of rotatable bonds is 0. The molecule has 1 nitrogen and oxygen atoms in total. The molecular formula is C15H17N. The van der Waals surface area contributed by atoms with Gasteiger partial charge in [0.2, 0.25) is 0 Å². The Hall–Kier alpha value is -1.76. The van der Waals surface area contributed by atoms with Crippen molar-refractivity contribution in [2.24, 2.45) is 0 Å². The molecular weight excluding hydrogens is 194 g/mol. The van der Waals surface area contributed by atoms with Gasteiger partial charge in [0.25, 0.3) is 0 Å². The van der Waals surface area contributed by atoms with Gasteiger partial charge in [0, 0.05) is 24.8 Å². The first-order valence-corrected chi connectivity index (χ1v) is 5.26. The van der Waals surface area contributed by atoms with Gasteiger partial charge in [-0.05, 0) is 23.3 Å². The molecule has 1 aliphatic heterocycles. The fourth-order valence-corrected chi connectivity index (χ4v) is 2.31. The summed E-state index contributed by atoms with van der Waals surface area (Å²) in [5.41, 5.74) is 5.49. The topological polar surface area (TPSA) is 3.24 Å². The monoisotopic (exact) mass is 211 g/mol. The van der Waals surface area contributed by atoms with Crippen molar-refractivity contribution in [2.75, 3.05) is 11.9 Å². The maximum atomic E-state index is 2.27. The average Bonchev–Trinajstić information content (AvgIpc) is 2.30. The SMILES string of the molecule is C.CN1c2ccccc2Cc2ccccc21. The Morgan fingerprint density at radius 2 is 1.25 bits per heavy atom. The van der Waals surface area contributed by atoms with E-state index in [2.05, 4.69) is 60.5 Å². The van der Waals surface area contributed by atoms with Gasteiger partial charge in [-0.2, -0.15) is 0 Å². The third-order valence-electron chi connectivity index (χ3n) is 3.09. The molecule has 2 aromatic carbocycles. The van der Waals surface area contributed by atoms with Crippen LogP contribution in [0.2, 0.25) is 0 Å². The number of benzene rings is 2. The van der Waals surface area contributed by atoms with Crippen molar-refractivity contribution in [3.8, 4) is 0 Å². The van der Waals surface area contributed by atoms with Crippen LogP contribution in [0.3, 0.4) is 0 Å². The summed E-state index contributed by atoms with van der Waals surface area (Å²) in [6, 6.07) is 17.2. The standard InChI is InChI=1S/C14H13N.CH4/c1-15-13-8-4-2-6-11(13)10-12-7-3-5-9-14(12)15;/h2-9H,10H2,1H3;1H4. The molecule has 1 heteroatoms. The van der Waals surface area contributed by atoms with E-state index < -0.39 is 0 Å². The fourth-order valence-electron chi connectivity index (χ4n) is 2.31. The molecule has 0 saturated carbocycles. The lowest BCUT2D eigenvalue weighted by Crippen LogP contribution is -2.18. The second kappa shape index (κ2) is 4.01. The Morgan fingerprint density at radius 3 is 1.75 bits per heavy atom. The number of hydrogen-bond acceptors (Lipinski definition) is 1. The number of nitrogens with zero attached hydrogens (tertiary/aromatic N) is 1. The van der Waals surface area contributed by atoms with Crippen LogP contribution in [0, 0.1) is 0 Å². The molecule has 0 saturated heterocycles. The van der Waals surface area contributed by atoms with Crippen molar-refractivity contribution < 1.29 is 0 Å². The number of anilines is 2. The Labute approximate surface area is 97.3 Å². The smallest absolute Gasteiger partial charge is 0.0444 e. The molecule has 16 heavy (non-hydrogen) atoms. The third-order valence-corrected chi connectivity index (χ3v) is 3.09. The highest BCUT2D eigenvalue weighted by Crippen LogP contribution is 2.36. The van der Waals surface area contributed by atoms with E-state index in [1.165, 1.54) is 22.5 Å². The van der Waals surface area contributed by atoms with Crippen LogP contribution < -0.4 is 4.90 Å². The van der Waals surface area contributed by atoms with E-state index in [4.69, 9.17) is 0 Å². The molecule has 0 amide bonds. The largest absolute Gasteiger partial charge is 0.344 e. The zero-order valence-corrected chi connectivity index (χ0v) is 8.77. The Kier molecular flexibility index (Phi) is 2.69. The van der Waals surface area contributed by atoms with E-state index in [0.29, 0.717) is 0 Å². The van der Waals surface area contributed by atoms with Crippen molar-refractivity contribution in [3.63, 3.8) is 0 Å². The zero-order valence-electron chi connectivity index (χ0n) is 8.77. The van der Waals surface area contributed by atoms with Gasteiger partial charge >= 0.3 is 0 Å². The number of fused-ring (bicyclic) bond motifs is 2. The van der Waals surface area contributed by atoms with Gasteiger partial charge in [-0.1, -0.05) is 43.8 Å². The number of para-hydroxylation sites is 2. The summed E-state index contributed by atoms with van der Waals surface area (Å²) in [6.45, 7) is 0. The van der Waals surface area contributed by atoms with Gasteiger partial charge in [-0.25, -0.2) is 0 Å². The first-order valence-electron chi connectivity index (χ1n) is 5.26. The summed E-state index contributed by atoms with van der Waals surface area (Å²) in [5, 5.41) is 0. The summed E-state index contributed by atoms with van der Waals surface area (Å²) in [6.07, 6.45) is 1.05. The highest BCUT2D eigenvalue weighted by atomic mass is 15.1. The second-order valence-corrected chi connectivity index (χ2v) is 3.99. The average molecular weight is 211 g/mol. The molecule has 3 rings (SSSR count). The highest BCUT2D eigenvalue weighted by molar-refractivity contribution is 5.73. The van der Waals surface area contributed by atoms with Crippen LogP contribution in [-0.2, 0) is 6.42 Å². The van der Waals surface area contributed by atoms with Crippen LogP contribution in [-0.4, -0.2) is 7.05 Å². The first-order chi connectivity index (χ1) is 7.36. The van der Waals surface area contributed by atoms with Crippen molar-refractivity contribution in [1.82, 2.24) is 0 Å². The van der Waals surface area contributed by atoms with Crippen molar-refractivity contribution in [1.29, 1.82) is 0 Å². The van der Waals surface area contributed by atoms with Gasteiger partial charge < -0.3 is 4.90 Å². The quantitative estimate of drug-likeness (QED) is 0.636. The molecule has 0 bridgehead atoms. The Balaban J connectivity index is 0.000000963. The zero-order chi connectivity index (χ0) is 10.3. The predicted octanol–water partition coefficient (Wildman–Crippen LogP) is 3.99. The Morgan fingerprint density at radius 1 is 0.812 bits per heavy atom. The van der Waals surface area contributed by atoms with Crippen LogP contribution in [0.4, 0.5) is 11.4 Å². The molecule has 0 fully saturated rings. The minimum absolute atomic E-state index is 0. The predicted molar refractivity (Wildman–Crippen MR) is 70.5 cm³/mol. The lowest BCUT2D eigenvalue weighted by Gasteiger charge is -2.29. The molecule has 82 valence electrons. The van der Waals surface area contributed by atoms with Crippen LogP contribution in [0.15, 0.2) is 48.5 Å². The molecule has 0 aromatic heterocycles. The molecule has 0 atom stereocenters. The van der Waals surface area contributed by atoms with E-state index in [-0.39, 0.29) is 7.43 Å². The van der Waals surface area contributed by atoms with Crippen molar-refractivity contribution in [2.45, 2.75) is 13.8 Å². The van der Waals surface area contributed by atoms with Gasteiger partial charge in [-0.3, -0.25) is 0 Å². The van der Waals surface area contributed by atoms with Crippen LogP contribution >= 0.6 is 0 Å². The minimum Gasteiger partial charge on any atom is -0.344 e. The minimum atomic E-state index is 0. The normalized spacial score (nSPS) is 12.4. The maximum absolute atomic E-state index is 2.27. The maximum Gasteiger partial charge on any atom is 0.0444 e. The van der Waals surface area contributed by atoms with E-state index in [0.717, 1.165) is 6.42 Å². The van der Waals surface area contributed by atoms with Gasteiger partial charge in [0.1, 0.15) is 0 Å². The van der Waals surface area contributed by atoms with Crippen molar-refractivity contribution in [3.05, 3.63) is 59.7 Å². The number of hydrogen-bond donors (Lipinski definition) is 0. The lowest BCUT2D eigenvalue weighted by molar-refractivity contribution is 1.06. The van der Waals surface area contributed by atoms with Crippen LogP contribution in [0.5, 0.6) is 0 Å². The van der Waals surface area contributed by atoms with Crippen molar-refractivity contribution >= 4 is 11.4 Å². The highest BCUT2D eigenvalue weighted by Gasteiger charge is 2.17. The molecule has 2 aromatic rings. The molecule has 1 aliphatic rings. The van der Waals surface area contributed by atoms with E-state index in [1.807, 2.05) is 0 Å². The summed E-state index contributed by atoms with van der Waals surface area (Å²) < 4.78 is 0. The van der Waals surface area contributed by atoms with E-state index in [1.54, 1.807) is 0 Å².